The molecule has 0 amide bonds. The number of pyridine rings is 1. The molecule has 2 N–H and O–H groups in total. The van der Waals surface area contributed by atoms with Crippen LogP contribution in [0.4, 0.5) is 5.82 Å². The Morgan fingerprint density at radius 2 is 1.75 bits per heavy atom. The summed E-state index contributed by atoms with van der Waals surface area (Å²) in [6.07, 6.45) is 5.69. The van der Waals surface area contributed by atoms with E-state index in [1.165, 1.54) is 24.8 Å². The third kappa shape index (κ3) is 4.32. The maximum absolute atomic E-state index is 10.8. The predicted molar refractivity (Wildman–Crippen MR) is 94.2 cm³/mol. The largest absolute Gasteiger partial charge is 0.478 e. The number of nitrogens with one attached hydrogen (secondary N) is 1. The van der Waals surface area contributed by atoms with E-state index in [9.17, 15) is 4.79 Å². The fraction of sp³-hybridized carbons (Fsp3) is 0.368. The monoisotopic (exact) mass is 325 g/mol. The average molecular weight is 325 g/mol. The van der Waals surface area contributed by atoms with Crippen LogP contribution in [0.1, 0.15) is 40.7 Å². The maximum atomic E-state index is 10.8. The fourth-order valence-electron chi connectivity index (χ4n) is 2.98. The van der Waals surface area contributed by atoms with Gasteiger partial charge in [-0.25, -0.2) is 9.78 Å². The van der Waals surface area contributed by atoms with E-state index >= 15 is 0 Å². The second-order valence-electron chi connectivity index (χ2n) is 6.18. The van der Waals surface area contributed by atoms with Crippen LogP contribution in [0.3, 0.4) is 0 Å². The van der Waals surface area contributed by atoms with Crippen molar-refractivity contribution in [2.24, 2.45) is 0 Å². The van der Waals surface area contributed by atoms with E-state index in [1.54, 1.807) is 12.1 Å². The van der Waals surface area contributed by atoms with E-state index in [1.807, 2.05) is 24.4 Å². The number of carboxylic acids is 1. The zero-order chi connectivity index (χ0) is 16.8. The highest BCUT2D eigenvalue weighted by Crippen LogP contribution is 2.18. The molecule has 2 aromatic rings. The summed E-state index contributed by atoms with van der Waals surface area (Å²) in [7, 11) is 0. The molecule has 1 aliphatic heterocycles. The van der Waals surface area contributed by atoms with Gasteiger partial charge in [0.05, 0.1) is 5.56 Å². The first-order valence-corrected chi connectivity index (χ1v) is 8.45. The van der Waals surface area contributed by atoms with Crippen molar-refractivity contribution in [1.29, 1.82) is 0 Å². The van der Waals surface area contributed by atoms with Gasteiger partial charge in [0.25, 0.3) is 0 Å². The number of aromatic nitrogens is 1. The smallest absolute Gasteiger partial charge is 0.335 e. The third-order valence-corrected chi connectivity index (χ3v) is 4.35. The van der Waals surface area contributed by atoms with Gasteiger partial charge in [0.2, 0.25) is 0 Å². The Morgan fingerprint density at radius 3 is 2.46 bits per heavy atom. The molecule has 1 aromatic heterocycles. The summed E-state index contributed by atoms with van der Waals surface area (Å²) in [4.78, 5) is 17.7. The van der Waals surface area contributed by atoms with Crippen molar-refractivity contribution in [2.45, 2.75) is 32.4 Å². The van der Waals surface area contributed by atoms with Crippen LogP contribution < -0.4 is 10.2 Å². The zero-order valence-electron chi connectivity index (χ0n) is 13.7. The van der Waals surface area contributed by atoms with Crippen LogP contribution in [0, 0.1) is 0 Å². The second-order valence-corrected chi connectivity index (χ2v) is 6.18. The number of piperidine rings is 1. The zero-order valence-corrected chi connectivity index (χ0v) is 13.7. The van der Waals surface area contributed by atoms with Crippen LogP contribution >= 0.6 is 0 Å². The van der Waals surface area contributed by atoms with Gasteiger partial charge in [-0.1, -0.05) is 12.1 Å². The van der Waals surface area contributed by atoms with Crippen LogP contribution in [-0.4, -0.2) is 29.1 Å². The molecule has 1 aliphatic rings. The minimum absolute atomic E-state index is 0.319. The Kier molecular flexibility index (Phi) is 5.43. The molecule has 5 heteroatoms. The van der Waals surface area contributed by atoms with Crippen molar-refractivity contribution < 1.29 is 9.90 Å². The quantitative estimate of drug-likeness (QED) is 0.854. The third-order valence-electron chi connectivity index (χ3n) is 4.35. The van der Waals surface area contributed by atoms with Gasteiger partial charge in [-0.15, -0.1) is 0 Å². The van der Waals surface area contributed by atoms with E-state index in [0.717, 1.165) is 31.0 Å². The molecule has 0 spiro atoms. The summed E-state index contributed by atoms with van der Waals surface area (Å²) in [6, 6.07) is 11.2. The summed E-state index contributed by atoms with van der Waals surface area (Å²) >= 11 is 0. The molecule has 126 valence electrons. The van der Waals surface area contributed by atoms with Gasteiger partial charge in [-0.05, 0) is 54.7 Å². The van der Waals surface area contributed by atoms with Crippen molar-refractivity contribution in [3.05, 3.63) is 59.3 Å². The molecule has 0 saturated carbocycles. The summed E-state index contributed by atoms with van der Waals surface area (Å²) in [5.41, 5.74) is 2.61. The van der Waals surface area contributed by atoms with Crippen molar-refractivity contribution in [2.75, 3.05) is 18.0 Å². The topological polar surface area (TPSA) is 65.5 Å². The van der Waals surface area contributed by atoms with E-state index in [-0.39, 0.29) is 0 Å². The number of aromatic carboxylic acids is 1. The molecule has 1 saturated heterocycles. The Labute approximate surface area is 142 Å². The first kappa shape index (κ1) is 16.5. The molecule has 0 unspecified atom stereocenters. The van der Waals surface area contributed by atoms with Crippen molar-refractivity contribution in [1.82, 2.24) is 10.3 Å². The van der Waals surface area contributed by atoms with Gasteiger partial charge in [-0.2, -0.15) is 0 Å². The number of hydrogen-bond acceptors (Lipinski definition) is 4. The molecule has 0 radical (unpaired) electrons. The maximum Gasteiger partial charge on any atom is 0.335 e. The van der Waals surface area contributed by atoms with E-state index in [0.29, 0.717) is 12.1 Å². The van der Waals surface area contributed by atoms with Crippen molar-refractivity contribution >= 4 is 11.8 Å². The second kappa shape index (κ2) is 7.93. The Bertz CT molecular complexity index is 679. The molecular weight excluding hydrogens is 302 g/mol. The molecule has 1 fully saturated rings. The van der Waals surface area contributed by atoms with Crippen molar-refractivity contribution in [3.8, 4) is 0 Å². The Balaban J connectivity index is 1.53. The summed E-state index contributed by atoms with van der Waals surface area (Å²) < 4.78 is 0. The lowest BCUT2D eigenvalue weighted by molar-refractivity contribution is 0.0697. The highest BCUT2D eigenvalue weighted by Gasteiger charge is 2.12. The molecule has 1 aromatic carbocycles. The number of hydrogen-bond donors (Lipinski definition) is 2. The van der Waals surface area contributed by atoms with Crippen LogP contribution in [0.25, 0.3) is 0 Å². The van der Waals surface area contributed by atoms with E-state index < -0.39 is 5.97 Å². The van der Waals surface area contributed by atoms with E-state index in [2.05, 4.69) is 21.3 Å². The average Bonchev–Trinajstić information content (AvgIpc) is 2.63. The van der Waals surface area contributed by atoms with Gasteiger partial charge >= 0.3 is 5.97 Å². The SMILES string of the molecule is O=C(O)c1ccc(CNCc2ccnc(N3CCCCC3)c2)cc1. The first-order chi connectivity index (χ1) is 11.7. The van der Waals surface area contributed by atoms with Gasteiger partial charge in [0.15, 0.2) is 0 Å². The number of anilines is 1. The van der Waals surface area contributed by atoms with Gasteiger partial charge in [-0.3, -0.25) is 0 Å². The number of carbonyl (C=O) groups is 1. The Hall–Kier alpha value is -2.40. The highest BCUT2D eigenvalue weighted by atomic mass is 16.4. The lowest BCUT2D eigenvalue weighted by Crippen LogP contribution is -2.30. The molecule has 5 nitrogen and oxygen atoms in total. The fourth-order valence-corrected chi connectivity index (χ4v) is 2.98. The standard InChI is InChI=1S/C19H23N3O2/c23-19(24)17-6-4-15(5-7-17)13-20-14-16-8-9-21-18(12-16)22-10-2-1-3-11-22/h4-9,12,20H,1-3,10-11,13-14H2,(H,23,24). The lowest BCUT2D eigenvalue weighted by Gasteiger charge is -2.27. The van der Waals surface area contributed by atoms with Gasteiger partial charge in [0.1, 0.15) is 5.82 Å². The summed E-state index contributed by atoms with van der Waals surface area (Å²) in [6.45, 7) is 3.67. The molecule has 24 heavy (non-hydrogen) atoms. The number of benzene rings is 1. The van der Waals surface area contributed by atoms with Crippen LogP contribution in [0.2, 0.25) is 0 Å². The van der Waals surface area contributed by atoms with Crippen molar-refractivity contribution in [3.63, 3.8) is 0 Å². The molecule has 3 rings (SSSR count). The molecule has 0 aliphatic carbocycles. The first-order valence-electron chi connectivity index (χ1n) is 8.45. The van der Waals surface area contributed by atoms with E-state index in [4.69, 9.17) is 5.11 Å². The molecular formula is C19H23N3O2. The minimum atomic E-state index is -0.892. The highest BCUT2D eigenvalue weighted by molar-refractivity contribution is 5.87. The molecule has 0 bridgehead atoms. The normalized spacial score (nSPS) is 14.6. The number of rotatable bonds is 6. The van der Waals surface area contributed by atoms with Crippen LogP contribution in [-0.2, 0) is 13.1 Å². The van der Waals surface area contributed by atoms with Gasteiger partial charge in [0, 0.05) is 32.4 Å². The molecule has 0 atom stereocenters. The minimum Gasteiger partial charge on any atom is -0.478 e. The van der Waals surface area contributed by atoms with Crippen LogP contribution in [0.5, 0.6) is 0 Å². The van der Waals surface area contributed by atoms with Crippen LogP contribution in [0.15, 0.2) is 42.6 Å². The lowest BCUT2D eigenvalue weighted by atomic mass is 10.1. The summed E-state index contributed by atoms with van der Waals surface area (Å²) in [5.74, 6) is 0.177. The molecule has 2 heterocycles. The number of carboxylic acid groups (broad SMARTS) is 1. The predicted octanol–water partition coefficient (Wildman–Crippen LogP) is 3.06. The summed E-state index contributed by atoms with van der Waals surface area (Å²) in [5, 5.41) is 12.3. The number of nitrogens with zero attached hydrogens (tertiary/aromatic N) is 2. The van der Waals surface area contributed by atoms with Gasteiger partial charge < -0.3 is 15.3 Å². The Morgan fingerprint density at radius 1 is 1.04 bits per heavy atom.